The summed E-state index contributed by atoms with van der Waals surface area (Å²) in [4.78, 5) is 19.6. The molecule has 1 aliphatic carbocycles. The van der Waals surface area contributed by atoms with Gasteiger partial charge in [-0.3, -0.25) is 9.36 Å². The predicted molar refractivity (Wildman–Crippen MR) is 110 cm³/mol. The number of aryl methyl sites for hydroxylation is 1. The summed E-state index contributed by atoms with van der Waals surface area (Å²) >= 11 is 1.63. The van der Waals surface area contributed by atoms with Crippen LogP contribution in [-0.2, 0) is 19.4 Å². The van der Waals surface area contributed by atoms with Crippen LogP contribution >= 0.6 is 11.3 Å². The van der Waals surface area contributed by atoms with Crippen LogP contribution in [0.15, 0.2) is 35.4 Å². The zero-order chi connectivity index (χ0) is 19.7. The van der Waals surface area contributed by atoms with E-state index in [1.165, 1.54) is 15.8 Å². The van der Waals surface area contributed by atoms with E-state index >= 15 is 0 Å². The second kappa shape index (κ2) is 7.93. The monoisotopic (exact) mass is 400 g/mol. The van der Waals surface area contributed by atoms with Crippen LogP contribution in [0.5, 0.6) is 11.5 Å². The van der Waals surface area contributed by atoms with Gasteiger partial charge >= 0.3 is 0 Å². The van der Waals surface area contributed by atoms with Crippen LogP contribution < -0.4 is 15.0 Å². The number of aliphatic hydroxyl groups excluding tert-OH is 1. The van der Waals surface area contributed by atoms with Crippen LogP contribution in [0.3, 0.4) is 0 Å². The van der Waals surface area contributed by atoms with E-state index in [1.54, 1.807) is 42.7 Å². The van der Waals surface area contributed by atoms with Crippen molar-refractivity contribution in [3.05, 3.63) is 51.4 Å². The lowest BCUT2D eigenvalue weighted by Crippen LogP contribution is -2.30. The molecule has 28 heavy (non-hydrogen) atoms. The van der Waals surface area contributed by atoms with E-state index in [4.69, 9.17) is 9.47 Å². The predicted octanol–water partition coefficient (Wildman–Crippen LogP) is 3.03. The summed E-state index contributed by atoms with van der Waals surface area (Å²) in [6, 6.07) is 7.16. The summed E-state index contributed by atoms with van der Waals surface area (Å²) in [5.41, 5.74) is 1.09. The minimum Gasteiger partial charge on any atom is -0.497 e. The molecule has 2 heterocycles. The molecule has 6 nitrogen and oxygen atoms in total. The van der Waals surface area contributed by atoms with Crippen molar-refractivity contribution in [2.45, 2.75) is 38.8 Å². The minimum atomic E-state index is -0.812. The number of aromatic nitrogens is 2. The molecule has 0 radical (unpaired) electrons. The summed E-state index contributed by atoms with van der Waals surface area (Å²) < 4.78 is 12.2. The number of fused-ring (bicyclic) bond motifs is 3. The van der Waals surface area contributed by atoms with Crippen molar-refractivity contribution in [1.82, 2.24) is 9.55 Å². The van der Waals surface area contributed by atoms with Crippen LogP contribution in [0.25, 0.3) is 10.2 Å². The lowest BCUT2D eigenvalue weighted by Gasteiger charge is -2.17. The summed E-state index contributed by atoms with van der Waals surface area (Å²) in [5, 5.41) is 11.1. The average Bonchev–Trinajstić information content (AvgIpc) is 3.07. The number of rotatable bonds is 6. The maximum atomic E-state index is 13.0. The second-order valence-corrected chi connectivity index (χ2v) is 8.46. The molecule has 0 saturated heterocycles. The van der Waals surface area contributed by atoms with E-state index in [1.807, 2.05) is 0 Å². The SMILES string of the molecule is COc1ccc(OC[C@@H](O)Cn2cnc3sc4c(c3c2=O)CC[C@H](C)C4)cc1. The third-order valence-corrected chi connectivity index (χ3v) is 6.35. The van der Waals surface area contributed by atoms with Crippen molar-refractivity contribution in [2.75, 3.05) is 13.7 Å². The number of aliphatic hydroxyl groups is 1. The van der Waals surface area contributed by atoms with Gasteiger partial charge in [0.2, 0.25) is 0 Å². The first-order valence-corrected chi connectivity index (χ1v) is 10.3. The molecular formula is C21H24N2O4S. The van der Waals surface area contributed by atoms with E-state index in [0.29, 0.717) is 11.7 Å². The van der Waals surface area contributed by atoms with Crippen molar-refractivity contribution >= 4 is 21.6 Å². The third-order valence-electron chi connectivity index (χ3n) is 5.19. The molecule has 0 saturated carbocycles. The Balaban J connectivity index is 1.48. The van der Waals surface area contributed by atoms with Crippen LogP contribution in [-0.4, -0.2) is 34.5 Å². The van der Waals surface area contributed by atoms with E-state index in [9.17, 15) is 9.90 Å². The average molecular weight is 401 g/mol. The molecule has 0 bridgehead atoms. The number of hydrogen-bond donors (Lipinski definition) is 1. The molecule has 4 rings (SSSR count). The normalized spacial score (nSPS) is 17.3. The van der Waals surface area contributed by atoms with Gasteiger partial charge < -0.3 is 14.6 Å². The third kappa shape index (κ3) is 3.77. The highest BCUT2D eigenvalue weighted by molar-refractivity contribution is 7.18. The van der Waals surface area contributed by atoms with Gasteiger partial charge in [0.15, 0.2) is 0 Å². The van der Waals surface area contributed by atoms with Gasteiger partial charge in [-0.1, -0.05) is 6.92 Å². The maximum absolute atomic E-state index is 13.0. The lowest BCUT2D eigenvalue weighted by molar-refractivity contribution is 0.0914. The van der Waals surface area contributed by atoms with E-state index in [2.05, 4.69) is 11.9 Å². The number of thiophene rings is 1. The quantitative estimate of drug-likeness (QED) is 0.689. The molecule has 7 heteroatoms. The van der Waals surface area contributed by atoms with Gasteiger partial charge in [0.05, 0.1) is 25.4 Å². The minimum absolute atomic E-state index is 0.0689. The Labute approximate surface area is 167 Å². The first-order chi connectivity index (χ1) is 13.5. The van der Waals surface area contributed by atoms with Gasteiger partial charge in [-0.05, 0) is 55.0 Å². The molecule has 1 N–H and O–H groups in total. The zero-order valence-corrected chi connectivity index (χ0v) is 16.9. The maximum Gasteiger partial charge on any atom is 0.262 e. The largest absolute Gasteiger partial charge is 0.497 e. The van der Waals surface area contributed by atoms with Crippen LogP contribution in [0.1, 0.15) is 23.8 Å². The molecule has 1 aromatic carbocycles. The summed E-state index contributed by atoms with van der Waals surface area (Å²) in [7, 11) is 1.60. The molecule has 1 aliphatic rings. The van der Waals surface area contributed by atoms with Crippen LogP contribution in [0.2, 0.25) is 0 Å². The Bertz CT molecular complexity index is 1030. The fraction of sp³-hybridized carbons (Fsp3) is 0.429. The zero-order valence-electron chi connectivity index (χ0n) is 16.1. The molecule has 2 aromatic heterocycles. The Hall–Kier alpha value is -2.38. The topological polar surface area (TPSA) is 73.6 Å². The van der Waals surface area contributed by atoms with Crippen molar-refractivity contribution in [3.63, 3.8) is 0 Å². The van der Waals surface area contributed by atoms with E-state index in [0.717, 1.165) is 40.8 Å². The molecule has 0 fully saturated rings. The smallest absolute Gasteiger partial charge is 0.262 e. The van der Waals surface area contributed by atoms with Gasteiger partial charge in [0.1, 0.15) is 29.0 Å². The number of hydrogen-bond acceptors (Lipinski definition) is 6. The summed E-state index contributed by atoms with van der Waals surface area (Å²) in [6.45, 7) is 2.49. The van der Waals surface area contributed by atoms with Crippen molar-refractivity contribution in [1.29, 1.82) is 0 Å². The van der Waals surface area contributed by atoms with Crippen molar-refractivity contribution in [3.8, 4) is 11.5 Å². The van der Waals surface area contributed by atoms with Gasteiger partial charge in [0.25, 0.3) is 5.56 Å². The van der Waals surface area contributed by atoms with Gasteiger partial charge in [-0.25, -0.2) is 4.98 Å². The Morgan fingerprint density at radius 3 is 2.82 bits per heavy atom. The van der Waals surface area contributed by atoms with Gasteiger partial charge in [0, 0.05) is 4.88 Å². The molecule has 0 spiro atoms. The van der Waals surface area contributed by atoms with Gasteiger partial charge in [-0.15, -0.1) is 11.3 Å². The number of benzene rings is 1. The first-order valence-electron chi connectivity index (χ1n) is 9.49. The van der Waals surface area contributed by atoms with Gasteiger partial charge in [-0.2, -0.15) is 0 Å². The molecule has 3 aromatic rings. The number of methoxy groups -OCH3 is 1. The second-order valence-electron chi connectivity index (χ2n) is 7.37. The molecule has 148 valence electrons. The summed E-state index contributed by atoms with van der Waals surface area (Å²) in [5.74, 6) is 2.04. The summed E-state index contributed by atoms with van der Waals surface area (Å²) in [6.07, 6.45) is 3.78. The lowest BCUT2D eigenvalue weighted by atomic mass is 9.89. The highest BCUT2D eigenvalue weighted by Crippen LogP contribution is 2.35. The molecular weight excluding hydrogens is 376 g/mol. The fourth-order valence-corrected chi connectivity index (χ4v) is 4.98. The number of ether oxygens (including phenoxy) is 2. The highest BCUT2D eigenvalue weighted by atomic mass is 32.1. The van der Waals surface area contributed by atoms with E-state index < -0.39 is 6.10 Å². The Morgan fingerprint density at radius 1 is 1.32 bits per heavy atom. The standard InChI is InChI=1S/C21H24N2O4S/c1-13-3-8-17-18(9-13)28-20-19(17)21(25)23(12-22-20)10-14(24)11-27-16-6-4-15(26-2)5-7-16/h4-7,12-14,24H,3,8-11H2,1-2H3/t13-,14-/m0/s1. The molecule has 2 atom stereocenters. The fourth-order valence-electron chi connectivity index (χ4n) is 3.64. The van der Waals surface area contributed by atoms with Crippen LogP contribution in [0, 0.1) is 5.92 Å². The Morgan fingerprint density at radius 2 is 2.07 bits per heavy atom. The number of nitrogens with zero attached hydrogens (tertiary/aromatic N) is 2. The molecule has 0 amide bonds. The van der Waals surface area contributed by atoms with Crippen LogP contribution in [0.4, 0.5) is 0 Å². The van der Waals surface area contributed by atoms with Crippen molar-refractivity contribution < 1.29 is 14.6 Å². The molecule has 0 unspecified atom stereocenters. The first kappa shape index (κ1) is 19.0. The highest BCUT2D eigenvalue weighted by Gasteiger charge is 2.23. The van der Waals surface area contributed by atoms with Crippen molar-refractivity contribution in [2.24, 2.45) is 5.92 Å². The Kier molecular flexibility index (Phi) is 5.37. The molecule has 0 aliphatic heterocycles. The van der Waals surface area contributed by atoms with E-state index in [-0.39, 0.29) is 18.7 Å².